The lowest BCUT2D eigenvalue weighted by Gasteiger charge is -2.13. The molecule has 0 bridgehead atoms. The molecule has 0 aliphatic rings. The van der Waals surface area contributed by atoms with E-state index in [0.29, 0.717) is 18.4 Å². The second-order valence-electron chi connectivity index (χ2n) is 5.59. The van der Waals surface area contributed by atoms with Gasteiger partial charge in [0.25, 0.3) is 0 Å². The van der Waals surface area contributed by atoms with Gasteiger partial charge in [0, 0.05) is 5.56 Å². The number of carbonyl (C=O) groups is 1. The number of methoxy groups -OCH3 is 1. The number of hydrogen-bond acceptors (Lipinski definition) is 3. The Hall–Kier alpha value is -2.88. The molecule has 1 atom stereocenters. The Bertz CT molecular complexity index is 723. The summed E-state index contributed by atoms with van der Waals surface area (Å²) in [5.74, 6) is -0.478. The summed E-state index contributed by atoms with van der Waals surface area (Å²) in [5, 5.41) is 7.52. The standard InChI is InChI=1S/C20H22N2O2/c1-24-20(23)18(12-5-9-15-7-3-2-4-8-15)14-16-10-6-11-17(13-16)19(21)22/h2-11,13,18H,12,14H2,1H3,(H3,21,22)/b9-5+. The molecule has 1 unspecified atom stereocenters. The van der Waals surface area contributed by atoms with Crippen molar-refractivity contribution in [1.29, 1.82) is 5.41 Å². The maximum atomic E-state index is 12.1. The van der Waals surface area contributed by atoms with Crippen LogP contribution in [0.4, 0.5) is 0 Å². The van der Waals surface area contributed by atoms with Crippen molar-refractivity contribution in [2.45, 2.75) is 12.8 Å². The maximum absolute atomic E-state index is 12.1. The van der Waals surface area contributed by atoms with E-state index in [1.807, 2.05) is 60.7 Å². The van der Waals surface area contributed by atoms with Gasteiger partial charge >= 0.3 is 5.97 Å². The molecule has 0 saturated heterocycles. The molecule has 24 heavy (non-hydrogen) atoms. The Morgan fingerprint density at radius 1 is 1.21 bits per heavy atom. The summed E-state index contributed by atoms with van der Waals surface area (Å²) < 4.78 is 4.93. The molecule has 2 aromatic rings. The number of allylic oxidation sites excluding steroid dienone is 1. The first-order chi connectivity index (χ1) is 11.6. The van der Waals surface area contributed by atoms with E-state index in [1.54, 1.807) is 6.07 Å². The van der Waals surface area contributed by atoms with Gasteiger partial charge in [0.05, 0.1) is 13.0 Å². The van der Waals surface area contributed by atoms with Gasteiger partial charge in [0.15, 0.2) is 0 Å². The highest BCUT2D eigenvalue weighted by Crippen LogP contribution is 2.17. The van der Waals surface area contributed by atoms with Crippen LogP contribution in [0, 0.1) is 11.3 Å². The van der Waals surface area contributed by atoms with E-state index >= 15 is 0 Å². The minimum atomic E-state index is -0.267. The molecule has 0 spiro atoms. The number of rotatable bonds is 7. The van der Waals surface area contributed by atoms with Gasteiger partial charge in [-0.3, -0.25) is 10.2 Å². The van der Waals surface area contributed by atoms with Crippen LogP contribution >= 0.6 is 0 Å². The lowest BCUT2D eigenvalue weighted by Crippen LogP contribution is -2.18. The molecule has 4 nitrogen and oxygen atoms in total. The summed E-state index contributed by atoms with van der Waals surface area (Å²) in [5.41, 5.74) is 8.25. The summed E-state index contributed by atoms with van der Waals surface area (Å²) in [6.45, 7) is 0. The first-order valence-electron chi connectivity index (χ1n) is 7.83. The molecule has 0 amide bonds. The quantitative estimate of drug-likeness (QED) is 0.466. The third-order valence-corrected chi connectivity index (χ3v) is 3.79. The molecule has 0 fully saturated rings. The maximum Gasteiger partial charge on any atom is 0.309 e. The Morgan fingerprint density at radius 2 is 1.96 bits per heavy atom. The molecule has 2 aromatic carbocycles. The van der Waals surface area contributed by atoms with Crippen LogP contribution in [0.3, 0.4) is 0 Å². The average molecular weight is 322 g/mol. The topological polar surface area (TPSA) is 76.2 Å². The third kappa shape index (κ3) is 5.09. The molecule has 2 rings (SSSR count). The van der Waals surface area contributed by atoms with Crippen molar-refractivity contribution in [3.8, 4) is 0 Å². The molecule has 0 aliphatic carbocycles. The number of nitrogens with one attached hydrogen (secondary N) is 1. The van der Waals surface area contributed by atoms with Gasteiger partial charge < -0.3 is 10.5 Å². The van der Waals surface area contributed by atoms with E-state index in [-0.39, 0.29) is 17.7 Å². The number of amidine groups is 1. The van der Waals surface area contributed by atoms with Crippen LogP contribution < -0.4 is 5.73 Å². The zero-order chi connectivity index (χ0) is 17.4. The van der Waals surface area contributed by atoms with Gasteiger partial charge in [-0.05, 0) is 30.0 Å². The van der Waals surface area contributed by atoms with Crippen LogP contribution in [0.2, 0.25) is 0 Å². The summed E-state index contributed by atoms with van der Waals surface area (Å²) in [4.78, 5) is 12.1. The normalized spacial score (nSPS) is 12.0. The number of hydrogen-bond donors (Lipinski definition) is 2. The minimum Gasteiger partial charge on any atom is -0.469 e. The number of nitrogen functional groups attached to an aromatic ring is 1. The summed E-state index contributed by atoms with van der Waals surface area (Å²) in [6.07, 6.45) is 5.13. The molecule has 3 N–H and O–H groups in total. The third-order valence-electron chi connectivity index (χ3n) is 3.79. The van der Waals surface area contributed by atoms with Gasteiger partial charge in [-0.2, -0.15) is 0 Å². The molecule has 0 aromatic heterocycles. The first kappa shape index (κ1) is 17.5. The van der Waals surface area contributed by atoms with Crippen molar-refractivity contribution in [3.05, 3.63) is 77.4 Å². The summed E-state index contributed by atoms with van der Waals surface area (Å²) in [7, 11) is 1.40. The van der Waals surface area contributed by atoms with Crippen LogP contribution in [0.15, 0.2) is 60.7 Å². The van der Waals surface area contributed by atoms with E-state index in [0.717, 1.165) is 11.1 Å². The number of esters is 1. The van der Waals surface area contributed by atoms with E-state index < -0.39 is 0 Å². The predicted molar refractivity (Wildman–Crippen MR) is 96.8 cm³/mol. The van der Waals surface area contributed by atoms with Gasteiger partial charge in [-0.15, -0.1) is 0 Å². The minimum absolute atomic E-state index is 0.0236. The molecule has 0 radical (unpaired) electrons. The average Bonchev–Trinajstić information content (AvgIpc) is 2.61. The largest absolute Gasteiger partial charge is 0.469 e. The van der Waals surface area contributed by atoms with Gasteiger partial charge in [-0.1, -0.05) is 60.7 Å². The highest BCUT2D eigenvalue weighted by Gasteiger charge is 2.18. The Kier molecular flexibility index (Phi) is 6.32. The van der Waals surface area contributed by atoms with E-state index in [4.69, 9.17) is 15.9 Å². The molecule has 0 aliphatic heterocycles. The van der Waals surface area contributed by atoms with E-state index in [1.165, 1.54) is 7.11 Å². The van der Waals surface area contributed by atoms with Crippen LogP contribution in [-0.4, -0.2) is 18.9 Å². The van der Waals surface area contributed by atoms with Crippen molar-refractivity contribution < 1.29 is 9.53 Å². The fourth-order valence-corrected chi connectivity index (χ4v) is 2.51. The van der Waals surface area contributed by atoms with Crippen molar-refractivity contribution in [1.82, 2.24) is 0 Å². The second-order valence-corrected chi connectivity index (χ2v) is 5.59. The summed E-state index contributed by atoms with van der Waals surface area (Å²) >= 11 is 0. The van der Waals surface area contributed by atoms with Crippen LogP contribution in [0.25, 0.3) is 6.08 Å². The van der Waals surface area contributed by atoms with Crippen molar-refractivity contribution in [2.24, 2.45) is 11.7 Å². The summed E-state index contributed by atoms with van der Waals surface area (Å²) in [6, 6.07) is 17.4. The van der Waals surface area contributed by atoms with Crippen molar-refractivity contribution in [2.75, 3.05) is 7.11 Å². The molecule has 0 heterocycles. The Balaban J connectivity index is 2.08. The van der Waals surface area contributed by atoms with E-state index in [2.05, 4.69) is 0 Å². The first-order valence-corrected chi connectivity index (χ1v) is 7.83. The van der Waals surface area contributed by atoms with Gasteiger partial charge in [0.2, 0.25) is 0 Å². The van der Waals surface area contributed by atoms with Crippen molar-refractivity contribution in [3.63, 3.8) is 0 Å². The lowest BCUT2D eigenvalue weighted by atomic mass is 9.94. The lowest BCUT2D eigenvalue weighted by molar-refractivity contribution is -0.145. The smallest absolute Gasteiger partial charge is 0.309 e. The highest BCUT2D eigenvalue weighted by molar-refractivity contribution is 5.95. The monoisotopic (exact) mass is 322 g/mol. The molecule has 0 saturated carbocycles. The van der Waals surface area contributed by atoms with Crippen LogP contribution in [0.5, 0.6) is 0 Å². The number of benzene rings is 2. The zero-order valence-electron chi connectivity index (χ0n) is 13.7. The van der Waals surface area contributed by atoms with Crippen LogP contribution in [0.1, 0.15) is 23.1 Å². The molecule has 4 heteroatoms. The number of carbonyl (C=O) groups excluding carboxylic acids is 1. The van der Waals surface area contributed by atoms with Gasteiger partial charge in [0.1, 0.15) is 5.84 Å². The van der Waals surface area contributed by atoms with E-state index in [9.17, 15) is 4.79 Å². The highest BCUT2D eigenvalue weighted by atomic mass is 16.5. The Labute approximate surface area is 142 Å². The number of nitrogens with two attached hydrogens (primary N) is 1. The molecular formula is C20H22N2O2. The van der Waals surface area contributed by atoms with Crippen LogP contribution in [-0.2, 0) is 16.0 Å². The van der Waals surface area contributed by atoms with Gasteiger partial charge in [-0.25, -0.2) is 0 Å². The number of ether oxygens (including phenoxy) is 1. The fourth-order valence-electron chi connectivity index (χ4n) is 2.51. The fraction of sp³-hybridized carbons (Fsp3) is 0.200. The zero-order valence-corrected chi connectivity index (χ0v) is 13.7. The molecule has 124 valence electrons. The Morgan fingerprint density at radius 3 is 2.62 bits per heavy atom. The predicted octanol–water partition coefficient (Wildman–Crippen LogP) is 3.41. The second kappa shape index (κ2) is 8.67. The SMILES string of the molecule is COC(=O)C(C/C=C/c1ccccc1)Cc1cccc(C(=N)N)c1. The molecular weight excluding hydrogens is 300 g/mol. The van der Waals surface area contributed by atoms with Crippen molar-refractivity contribution >= 4 is 17.9 Å².